The molecule has 1 aromatic carbocycles. The van der Waals surface area contributed by atoms with Crippen molar-refractivity contribution in [2.24, 2.45) is 0 Å². The summed E-state index contributed by atoms with van der Waals surface area (Å²) in [6.45, 7) is 1.70. The molecule has 2 aliphatic heterocycles. The molecule has 2 aliphatic rings. The Balaban J connectivity index is 1.55. The molecule has 146 valence electrons. The van der Waals surface area contributed by atoms with E-state index in [2.05, 4.69) is 0 Å². The number of amides is 2. The van der Waals surface area contributed by atoms with Gasteiger partial charge in [0.1, 0.15) is 10.9 Å². The van der Waals surface area contributed by atoms with E-state index in [9.17, 15) is 9.59 Å². The quantitative estimate of drug-likeness (QED) is 0.716. The molecule has 3 rings (SSSR count). The van der Waals surface area contributed by atoms with Gasteiger partial charge < -0.3 is 14.5 Å². The molecule has 0 bridgehead atoms. The van der Waals surface area contributed by atoms with Gasteiger partial charge in [0.15, 0.2) is 0 Å². The number of benzene rings is 1. The summed E-state index contributed by atoms with van der Waals surface area (Å²) in [5, 5.41) is 0. The highest BCUT2D eigenvalue weighted by atomic mass is 32.2. The molecular weight excluding hydrogens is 382 g/mol. The smallest absolute Gasteiger partial charge is 0.410 e. The van der Waals surface area contributed by atoms with Crippen LogP contribution >= 0.6 is 24.0 Å². The minimum atomic E-state index is -0.250. The summed E-state index contributed by atoms with van der Waals surface area (Å²) < 4.78 is 6.04. The topological polar surface area (TPSA) is 53.1 Å². The van der Waals surface area contributed by atoms with Crippen LogP contribution < -0.4 is 0 Å². The fourth-order valence-electron chi connectivity index (χ4n) is 3.51. The van der Waals surface area contributed by atoms with E-state index in [0.717, 1.165) is 18.4 Å². The highest BCUT2D eigenvalue weighted by Crippen LogP contribution is 2.33. The summed E-state index contributed by atoms with van der Waals surface area (Å²) in [6.07, 6.45) is 1.29. The number of thioether (sulfide) groups is 1. The molecule has 2 heterocycles. The fourth-order valence-corrected chi connectivity index (χ4v) is 4.37. The van der Waals surface area contributed by atoms with Crippen LogP contribution in [0, 0.1) is 0 Å². The lowest BCUT2D eigenvalue weighted by atomic mass is 9.99. The molecule has 0 spiro atoms. The molecule has 2 saturated heterocycles. The maximum atomic E-state index is 12.4. The Kier molecular flexibility index (Phi) is 6.59. The van der Waals surface area contributed by atoms with Crippen molar-refractivity contribution in [2.75, 3.05) is 39.5 Å². The van der Waals surface area contributed by atoms with E-state index in [4.69, 9.17) is 17.0 Å². The number of likely N-dealkylation sites (tertiary alicyclic amines) is 1. The number of nitrogens with zero attached hydrogens (tertiary/aromatic N) is 3. The van der Waals surface area contributed by atoms with Crippen LogP contribution in [0.2, 0.25) is 0 Å². The lowest BCUT2D eigenvalue weighted by Crippen LogP contribution is -2.48. The standard InChI is InChI=1S/C19H25N3O3S2/c1-20(2)19(26)27-13-17(23)21-10-8-15(9-11-21)22-16(12-25-18(22)24)14-6-4-3-5-7-14/h3-7,15-16H,8-13H2,1-2H3. The van der Waals surface area contributed by atoms with E-state index in [1.807, 2.05) is 59.1 Å². The largest absolute Gasteiger partial charge is 0.447 e. The lowest BCUT2D eigenvalue weighted by molar-refractivity contribution is -0.129. The average molecular weight is 408 g/mol. The number of piperidine rings is 1. The molecule has 0 saturated carbocycles. The normalized spacial score (nSPS) is 20.5. The molecule has 6 nitrogen and oxygen atoms in total. The summed E-state index contributed by atoms with van der Waals surface area (Å²) in [4.78, 5) is 30.3. The number of carbonyl (C=O) groups is 2. The van der Waals surface area contributed by atoms with Gasteiger partial charge in [-0.25, -0.2) is 4.79 Å². The van der Waals surface area contributed by atoms with Crippen molar-refractivity contribution < 1.29 is 14.3 Å². The number of cyclic esters (lactones) is 1. The molecule has 1 unspecified atom stereocenters. The zero-order valence-electron chi connectivity index (χ0n) is 15.7. The third-order valence-electron chi connectivity index (χ3n) is 4.99. The summed E-state index contributed by atoms with van der Waals surface area (Å²) in [6, 6.07) is 10.0. The van der Waals surface area contributed by atoms with Gasteiger partial charge in [-0.2, -0.15) is 0 Å². The minimum Gasteiger partial charge on any atom is -0.447 e. The van der Waals surface area contributed by atoms with Crippen LogP contribution in [0.3, 0.4) is 0 Å². The van der Waals surface area contributed by atoms with Crippen molar-refractivity contribution in [3.8, 4) is 0 Å². The number of thiocarbonyl (C=S) groups is 1. The van der Waals surface area contributed by atoms with E-state index in [-0.39, 0.29) is 24.1 Å². The molecule has 0 aliphatic carbocycles. The van der Waals surface area contributed by atoms with Gasteiger partial charge in [0.05, 0.1) is 11.8 Å². The van der Waals surface area contributed by atoms with Crippen molar-refractivity contribution in [3.05, 3.63) is 35.9 Å². The molecule has 27 heavy (non-hydrogen) atoms. The molecule has 0 aromatic heterocycles. The predicted octanol–water partition coefficient (Wildman–Crippen LogP) is 2.75. The molecule has 2 amide bonds. The second-order valence-electron chi connectivity index (χ2n) is 6.97. The van der Waals surface area contributed by atoms with E-state index in [1.54, 1.807) is 0 Å². The van der Waals surface area contributed by atoms with E-state index >= 15 is 0 Å². The van der Waals surface area contributed by atoms with Gasteiger partial charge in [0.2, 0.25) is 5.91 Å². The monoisotopic (exact) mass is 407 g/mol. The van der Waals surface area contributed by atoms with Crippen LogP contribution in [0.5, 0.6) is 0 Å². The second-order valence-corrected chi connectivity index (χ2v) is 8.58. The summed E-state index contributed by atoms with van der Waals surface area (Å²) in [5.74, 6) is 0.464. The number of rotatable bonds is 4. The zero-order chi connectivity index (χ0) is 19.4. The Labute approximate surface area is 169 Å². The summed E-state index contributed by atoms with van der Waals surface area (Å²) >= 11 is 6.61. The van der Waals surface area contributed by atoms with Crippen LogP contribution in [0.1, 0.15) is 24.4 Å². The van der Waals surface area contributed by atoms with E-state index in [1.165, 1.54) is 11.8 Å². The first kappa shape index (κ1) is 19.9. The van der Waals surface area contributed by atoms with Gasteiger partial charge in [0, 0.05) is 33.2 Å². The third-order valence-corrected chi connectivity index (χ3v) is 6.71. The molecular formula is C19H25N3O3S2. The molecule has 2 fully saturated rings. The van der Waals surface area contributed by atoms with Gasteiger partial charge in [-0.05, 0) is 18.4 Å². The Morgan fingerprint density at radius 1 is 1.26 bits per heavy atom. The summed E-state index contributed by atoms with van der Waals surface area (Å²) in [7, 11) is 3.76. The number of carbonyl (C=O) groups excluding carboxylic acids is 2. The predicted molar refractivity (Wildman–Crippen MR) is 111 cm³/mol. The number of ether oxygens (including phenoxy) is 1. The minimum absolute atomic E-state index is 0.0426. The summed E-state index contributed by atoms with van der Waals surface area (Å²) in [5.41, 5.74) is 1.09. The SMILES string of the molecule is CN(C)C(=S)SCC(=O)N1CCC(N2C(=O)OCC2c2ccccc2)CC1. The van der Waals surface area contributed by atoms with Crippen LogP contribution in [0.15, 0.2) is 30.3 Å². The van der Waals surface area contributed by atoms with Gasteiger partial charge in [-0.15, -0.1) is 0 Å². The average Bonchev–Trinajstić information content (AvgIpc) is 3.08. The van der Waals surface area contributed by atoms with Crippen molar-refractivity contribution in [1.82, 2.24) is 14.7 Å². The lowest BCUT2D eigenvalue weighted by Gasteiger charge is -2.38. The van der Waals surface area contributed by atoms with E-state index < -0.39 is 0 Å². The third kappa shape index (κ3) is 4.73. The maximum Gasteiger partial charge on any atom is 0.410 e. The van der Waals surface area contributed by atoms with Crippen molar-refractivity contribution >= 4 is 40.3 Å². The van der Waals surface area contributed by atoms with Crippen LogP contribution in [0.25, 0.3) is 0 Å². The Morgan fingerprint density at radius 2 is 1.93 bits per heavy atom. The molecule has 1 aromatic rings. The second kappa shape index (κ2) is 8.93. The van der Waals surface area contributed by atoms with Crippen molar-refractivity contribution in [2.45, 2.75) is 24.9 Å². The fraction of sp³-hybridized carbons (Fsp3) is 0.526. The number of hydrogen-bond acceptors (Lipinski definition) is 5. The highest BCUT2D eigenvalue weighted by Gasteiger charge is 2.40. The first-order chi connectivity index (χ1) is 13.0. The van der Waals surface area contributed by atoms with Crippen LogP contribution in [0.4, 0.5) is 4.79 Å². The van der Waals surface area contributed by atoms with Crippen LogP contribution in [-0.2, 0) is 9.53 Å². The van der Waals surface area contributed by atoms with Gasteiger partial charge in [-0.3, -0.25) is 9.69 Å². The Hall–Kier alpha value is -1.80. The van der Waals surface area contributed by atoms with E-state index in [0.29, 0.717) is 29.8 Å². The highest BCUT2D eigenvalue weighted by molar-refractivity contribution is 8.23. The molecule has 0 N–H and O–H groups in total. The van der Waals surface area contributed by atoms with Gasteiger partial charge in [0.25, 0.3) is 0 Å². The van der Waals surface area contributed by atoms with Crippen molar-refractivity contribution in [1.29, 1.82) is 0 Å². The maximum absolute atomic E-state index is 12.4. The van der Waals surface area contributed by atoms with Gasteiger partial charge in [-0.1, -0.05) is 54.3 Å². The Bertz CT molecular complexity index is 691. The first-order valence-corrected chi connectivity index (χ1v) is 10.5. The molecule has 8 heteroatoms. The Morgan fingerprint density at radius 3 is 2.56 bits per heavy atom. The molecule has 0 radical (unpaired) electrons. The zero-order valence-corrected chi connectivity index (χ0v) is 17.3. The first-order valence-electron chi connectivity index (χ1n) is 9.09. The number of hydrogen-bond donors (Lipinski definition) is 0. The van der Waals surface area contributed by atoms with Crippen molar-refractivity contribution in [3.63, 3.8) is 0 Å². The van der Waals surface area contributed by atoms with Crippen LogP contribution in [-0.4, -0.2) is 76.6 Å². The molecule has 1 atom stereocenters. The van der Waals surface area contributed by atoms with Gasteiger partial charge >= 0.3 is 6.09 Å².